The van der Waals surface area contributed by atoms with Crippen LogP contribution in [0, 0.1) is 5.92 Å². The minimum atomic E-state index is -0.345. The van der Waals surface area contributed by atoms with Gasteiger partial charge in [-0.25, -0.2) is 0 Å². The normalized spacial score (nSPS) is 15.0. The van der Waals surface area contributed by atoms with Crippen LogP contribution < -0.4 is 10.6 Å². The van der Waals surface area contributed by atoms with Crippen molar-refractivity contribution in [2.75, 3.05) is 5.32 Å². The number of rotatable bonds is 6. The molecule has 1 aliphatic carbocycles. The molecule has 2 aromatic rings. The predicted molar refractivity (Wildman–Crippen MR) is 92.1 cm³/mol. The van der Waals surface area contributed by atoms with Crippen molar-refractivity contribution in [2.45, 2.75) is 45.6 Å². The van der Waals surface area contributed by atoms with Crippen molar-refractivity contribution < 1.29 is 14.1 Å². The van der Waals surface area contributed by atoms with E-state index in [1.807, 2.05) is 13.8 Å². The Labute approximate surface area is 146 Å². The number of nitrogens with zero attached hydrogens (tertiary/aromatic N) is 2. The first-order chi connectivity index (χ1) is 11.9. The molecule has 1 aromatic heterocycles. The lowest BCUT2D eigenvalue weighted by atomic mass is 10.0. The Morgan fingerprint density at radius 2 is 1.88 bits per heavy atom. The molecule has 7 heteroatoms. The van der Waals surface area contributed by atoms with Crippen molar-refractivity contribution in [2.24, 2.45) is 5.92 Å². The first-order valence-electron chi connectivity index (χ1n) is 8.46. The van der Waals surface area contributed by atoms with E-state index in [0.29, 0.717) is 23.1 Å². The van der Waals surface area contributed by atoms with Crippen molar-refractivity contribution in [3.63, 3.8) is 0 Å². The summed E-state index contributed by atoms with van der Waals surface area (Å²) in [5.74, 6) is 1.31. The maximum atomic E-state index is 12.5. The second-order valence-electron chi connectivity index (χ2n) is 6.72. The minimum absolute atomic E-state index is 0.107. The number of hydrogen-bond donors (Lipinski definition) is 2. The molecule has 1 atom stereocenters. The molecule has 132 valence electrons. The number of carbonyl (C=O) groups excluding carboxylic acids is 2. The van der Waals surface area contributed by atoms with Gasteiger partial charge in [0.25, 0.3) is 5.91 Å². The molecule has 3 rings (SSSR count). The zero-order chi connectivity index (χ0) is 18.0. The fraction of sp³-hybridized carbons (Fsp3) is 0.444. The van der Waals surface area contributed by atoms with Gasteiger partial charge in [0.05, 0.1) is 0 Å². The van der Waals surface area contributed by atoms with Gasteiger partial charge in [0.15, 0.2) is 5.82 Å². The molecule has 0 bridgehead atoms. The summed E-state index contributed by atoms with van der Waals surface area (Å²) in [6.45, 7) is 5.42. The molecule has 0 unspecified atom stereocenters. The maximum absolute atomic E-state index is 12.5. The highest BCUT2D eigenvalue weighted by atomic mass is 16.5. The van der Waals surface area contributed by atoms with E-state index in [1.54, 1.807) is 24.3 Å². The first-order valence-corrected chi connectivity index (χ1v) is 8.46. The lowest BCUT2D eigenvalue weighted by Crippen LogP contribution is -2.32. The third-order valence-corrected chi connectivity index (χ3v) is 4.09. The molecule has 2 N–H and O–H groups in total. The van der Waals surface area contributed by atoms with E-state index in [-0.39, 0.29) is 23.8 Å². The summed E-state index contributed by atoms with van der Waals surface area (Å²) < 4.78 is 5.37. The highest BCUT2D eigenvalue weighted by Gasteiger charge is 2.31. The molecule has 1 saturated carbocycles. The number of carbonyl (C=O) groups is 2. The first kappa shape index (κ1) is 17.1. The van der Waals surface area contributed by atoms with Gasteiger partial charge in [0.1, 0.15) is 6.04 Å². The van der Waals surface area contributed by atoms with Gasteiger partial charge in [-0.05, 0) is 43.0 Å². The van der Waals surface area contributed by atoms with Crippen LogP contribution in [0.15, 0.2) is 28.8 Å². The van der Waals surface area contributed by atoms with Crippen molar-refractivity contribution in [1.82, 2.24) is 15.5 Å². The van der Waals surface area contributed by atoms with Gasteiger partial charge < -0.3 is 15.2 Å². The number of hydrogen-bond acceptors (Lipinski definition) is 5. The molecule has 7 nitrogen and oxygen atoms in total. The lowest BCUT2D eigenvalue weighted by molar-refractivity contribution is -0.114. The van der Waals surface area contributed by atoms with Crippen molar-refractivity contribution in [3.05, 3.63) is 41.5 Å². The summed E-state index contributed by atoms with van der Waals surface area (Å²) in [6.07, 6.45) is 2.19. The van der Waals surface area contributed by atoms with E-state index < -0.39 is 0 Å². The van der Waals surface area contributed by atoms with Crippen LogP contribution in [-0.2, 0) is 4.79 Å². The monoisotopic (exact) mass is 342 g/mol. The van der Waals surface area contributed by atoms with E-state index in [4.69, 9.17) is 4.52 Å². The molecule has 0 spiro atoms. The van der Waals surface area contributed by atoms with Crippen molar-refractivity contribution in [1.29, 1.82) is 0 Å². The zero-order valence-corrected chi connectivity index (χ0v) is 14.6. The molecule has 0 aliphatic heterocycles. The third kappa shape index (κ3) is 4.23. The van der Waals surface area contributed by atoms with Crippen molar-refractivity contribution >= 4 is 17.5 Å². The van der Waals surface area contributed by atoms with Gasteiger partial charge in [-0.2, -0.15) is 4.98 Å². The van der Waals surface area contributed by atoms with E-state index >= 15 is 0 Å². The van der Waals surface area contributed by atoms with Gasteiger partial charge >= 0.3 is 0 Å². The Morgan fingerprint density at radius 1 is 1.20 bits per heavy atom. The molecule has 1 aromatic carbocycles. The van der Waals surface area contributed by atoms with Gasteiger partial charge in [-0.1, -0.05) is 19.0 Å². The molecule has 2 amide bonds. The summed E-state index contributed by atoms with van der Waals surface area (Å²) in [6, 6.07) is 6.38. The number of aromatic nitrogens is 2. The van der Waals surface area contributed by atoms with Crippen LogP contribution in [-0.4, -0.2) is 22.0 Å². The number of benzene rings is 1. The molecule has 0 saturated heterocycles. The van der Waals surface area contributed by atoms with E-state index in [9.17, 15) is 9.59 Å². The molecular formula is C18H22N4O3. The Hall–Kier alpha value is -2.70. The van der Waals surface area contributed by atoms with Gasteiger partial charge in [0, 0.05) is 24.1 Å². The third-order valence-electron chi connectivity index (χ3n) is 4.09. The molecule has 0 radical (unpaired) electrons. The average Bonchev–Trinajstić information content (AvgIpc) is 3.30. The van der Waals surface area contributed by atoms with Gasteiger partial charge in [-0.3, -0.25) is 9.59 Å². The Kier molecular flexibility index (Phi) is 4.83. The Bertz CT molecular complexity index is 763. The minimum Gasteiger partial charge on any atom is -0.340 e. The summed E-state index contributed by atoms with van der Waals surface area (Å²) in [4.78, 5) is 28.0. The number of amides is 2. The standard InChI is InChI=1S/C18H22N4O3/c1-10(2)15(18-21-16(22-25-18)12-4-5-12)20-17(24)13-6-8-14(9-7-13)19-11(3)23/h6-10,12,15H,4-5H2,1-3H3,(H,19,23)(H,20,24)/t15-/m0/s1. The highest BCUT2D eigenvalue weighted by molar-refractivity contribution is 5.95. The van der Waals surface area contributed by atoms with Crippen LogP contribution in [0.25, 0.3) is 0 Å². The van der Waals surface area contributed by atoms with E-state index in [1.165, 1.54) is 6.92 Å². The Morgan fingerprint density at radius 3 is 2.44 bits per heavy atom. The number of nitrogens with one attached hydrogen (secondary N) is 2. The van der Waals surface area contributed by atoms with Crippen molar-refractivity contribution in [3.8, 4) is 0 Å². The summed E-state index contributed by atoms with van der Waals surface area (Å²) in [5, 5.41) is 9.65. The smallest absolute Gasteiger partial charge is 0.251 e. The molecule has 1 fully saturated rings. The maximum Gasteiger partial charge on any atom is 0.251 e. The summed E-state index contributed by atoms with van der Waals surface area (Å²) >= 11 is 0. The summed E-state index contributed by atoms with van der Waals surface area (Å²) in [5.41, 5.74) is 1.15. The van der Waals surface area contributed by atoms with E-state index in [2.05, 4.69) is 20.8 Å². The van der Waals surface area contributed by atoms with Crippen LogP contribution in [0.4, 0.5) is 5.69 Å². The second-order valence-corrected chi connectivity index (χ2v) is 6.72. The van der Waals surface area contributed by atoms with E-state index in [0.717, 1.165) is 18.7 Å². The second kappa shape index (κ2) is 7.04. The van der Waals surface area contributed by atoms with Crippen LogP contribution in [0.3, 0.4) is 0 Å². The molecule has 1 heterocycles. The van der Waals surface area contributed by atoms with Gasteiger partial charge in [-0.15, -0.1) is 0 Å². The van der Waals surface area contributed by atoms with Crippen LogP contribution >= 0.6 is 0 Å². The average molecular weight is 342 g/mol. The Balaban J connectivity index is 1.70. The zero-order valence-electron chi connectivity index (χ0n) is 14.6. The molecular weight excluding hydrogens is 320 g/mol. The highest BCUT2D eigenvalue weighted by Crippen LogP contribution is 2.38. The number of anilines is 1. The summed E-state index contributed by atoms with van der Waals surface area (Å²) in [7, 11) is 0. The molecule has 25 heavy (non-hydrogen) atoms. The van der Waals surface area contributed by atoms with Crippen LogP contribution in [0.2, 0.25) is 0 Å². The fourth-order valence-electron chi connectivity index (χ4n) is 2.53. The van der Waals surface area contributed by atoms with Crippen LogP contribution in [0.5, 0.6) is 0 Å². The quantitative estimate of drug-likeness (QED) is 0.841. The largest absolute Gasteiger partial charge is 0.340 e. The predicted octanol–water partition coefficient (Wildman–Crippen LogP) is 3.03. The van der Waals surface area contributed by atoms with Crippen LogP contribution in [0.1, 0.15) is 67.6 Å². The van der Waals surface area contributed by atoms with Gasteiger partial charge in [0.2, 0.25) is 11.8 Å². The molecule has 1 aliphatic rings. The lowest BCUT2D eigenvalue weighted by Gasteiger charge is -2.18. The fourth-order valence-corrected chi connectivity index (χ4v) is 2.53. The topological polar surface area (TPSA) is 97.1 Å². The SMILES string of the molecule is CC(=O)Nc1ccc(C(=O)N[C@H](c2nc(C3CC3)no2)C(C)C)cc1.